The average molecular weight is 1380 g/mol. The minimum atomic E-state index is -0.390. The second kappa shape index (κ2) is 22.6. The third-order valence-corrected chi connectivity index (χ3v) is 19.3. The van der Waals surface area contributed by atoms with Crippen molar-refractivity contribution in [2.24, 2.45) is 0 Å². The van der Waals surface area contributed by atoms with Crippen molar-refractivity contribution in [1.29, 1.82) is 0 Å². The molecule has 10 heteroatoms. The topological polar surface area (TPSA) is 54.6 Å². The van der Waals surface area contributed by atoms with Crippen LogP contribution in [0.2, 0.25) is 0 Å². The number of halogens is 3. The van der Waals surface area contributed by atoms with Gasteiger partial charge in [-0.15, -0.1) is 0 Å². The monoisotopic (exact) mass is 1380 g/mol. The Morgan fingerprint density at radius 1 is 0.318 bits per heavy atom. The summed E-state index contributed by atoms with van der Waals surface area (Å²) in [6, 6.07) is 94.3. The van der Waals surface area contributed by atoms with Crippen LogP contribution in [0, 0.1) is 3.57 Å². The normalized spacial score (nSPS) is 13.7. The predicted octanol–water partition coefficient (Wildman–Crippen LogP) is 22.5. The Kier molecular flexibility index (Phi) is 14.4. The Morgan fingerprint density at radius 2 is 0.705 bits per heavy atom. The Morgan fingerprint density at radius 3 is 1.20 bits per heavy atom. The number of nitrogens with zero attached hydrogens (tertiary/aromatic N) is 2. The highest BCUT2D eigenvalue weighted by molar-refractivity contribution is 14.1. The molecule has 0 saturated carbocycles. The summed E-state index contributed by atoms with van der Waals surface area (Å²) in [7, 11) is -0.390. The van der Waals surface area contributed by atoms with Crippen LogP contribution in [0.15, 0.2) is 285 Å². The molecule has 0 N–H and O–H groups in total. The van der Waals surface area contributed by atoms with Crippen LogP contribution >= 0.6 is 54.5 Å². The minimum Gasteiger partial charge on any atom is -0.456 e. The van der Waals surface area contributed by atoms with E-state index in [0.717, 1.165) is 86.3 Å². The average Bonchev–Trinajstić information content (AvgIpc) is 1.65. The van der Waals surface area contributed by atoms with Crippen LogP contribution in [0.5, 0.6) is 0 Å². The van der Waals surface area contributed by atoms with Gasteiger partial charge in [0.25, 0.3) is 0 Å². The first-order chi connectivity index (χ1) is 42.8. The van der Waals surface area contributed by atoms with Gasteiger partial charge in [0, 0.05) is 79.1 Å². The molecule has 6 nitrogen and oxygen atoms in total. The zero-order valence-electron chi connectivity index (χ0n) is 48.6. The van der Waals surface area contributed by atoms with Crippen LogP contribution in [0.1, 0.15) is 27.7 Å². The highest BCUT2D eigenvalue weighted by Crippen LogP contribution is 2.41. The van der Waals surface area contributed by atoms with E-state index < -0.39 is 7.12 Å². The van der Waals surface area contributed by atoms with Crippen LogP contribution in [0.4, 0.5) is 0 Å². The molecule has 0 radical (unpaired) electrons. The third kappa shape index (κ3) is 10.2. The lowest BCUT2D eigenvalue weighted by Crippen LogP contribution is -2.41. The standard InChI is InChI=1S/C36H30BNO3.C36H22BrNO.C6H4BrI/c1-35(2)36(3,4)41-37(40-35)25-11-9-10-23(20-25)24-16-19-32-30(21-24)27-12-5-7-14-31(27)38(32)26-17-18-29-28-13-6-8-15-33(28)39-34(29)22-26;37-27-15-12-23(13-16-27)24-6-5-7-25(20-24)26-14-19-34-32(21-26)29-8-1-3-10-33(29)38(34)28-17-18-31-30-9-2-4-11-35(30)39-36(31)22-28;7-5-1-3-6(8)4-2-5/h5-22H,1-4H3;1-22H;1-4H. The smallest absolute Gasteiger partial charge is 0.456 e. The summed E-state index contributed by atoms with van der Waals surface area (Å²) >= 11 is 9.16. The molecule has 17 rings (SSSR count). The first-order valence-electron chi connectivity index (χ1n) is 29.4. The van der Waals surface area contributed by atoms with E-state index in [0.29, 0.717) is 0 Å². The highest BCUT2D eigenvalue weighted by atomic mass is 127. The quantitative estimate of drug-likeness (QED) is 0.123. The summed E-state index contributed by atoms with van der Waals surface area (Å²) < 4.78 is 33.3. The molecule has 16 aromatic rings. The Labute approximate surface area is 540 Å². The molecule has 426 valence electrons. The molecule has 88 heavy (non-hydrogen) atoms. The largest absolute Gasteiger partial charge is 0.494 e. The molecule has 1 saturated heterocycles. The number of benzene rings is 12. The van der Waals surface area contributed by atoms with Crippen molar-refractivity contribution < 1.29 is 18.1 Å². The molecule has 0 unspecified atom stereocenters. The van der Waals surface area contributed by atoms with Crippen molar-refractivity contribution in [3.63, 3.8) is 0 Å². The Balaban J connectivity index is 0.000000131. The number of rotatable bonds is 6. The molecule has 1 aliphatic rings. The molecular formula is C78H56BBr2IN2O4. The fourth-order valence-corrected chi connectivity index (χ4v) is 13.3. The van der Waals surface area contributed by atoms with E-state index in [-0.39, 0.29) is 11.2 Å². The first-order valence-corrected chi connectivity index (χ1v) is 32.1. The lowest BCUT2D eigenvalue weighted by molar-refractivity contribution is 0.00578. The van der Waals surface area contributed by atoms with Crippen molar-refractivity contribution in [2.75, 3.05) is 0 Å². The SMILES string of the molecule is Brc1ccc(-c2cccc(-c3ccc4c(c3)c3ccccc3n4-c3ccc4c(c3)oc3ccccc34)c2)cc1.Brc1ccc(I)cc1.CC1(C)OB(c2cccc(-c3ccc4c(c3)c3ccccc3n4-c3ccc4c(c3)oc3ccccc34)c2)OC1(C)C. The van der Waals surface area contributed by atoms with E-state index >= 15 is 0 Å². The van der Waals surface area contributed by atoms with Crippen LogP contribution in [0.3, 0.4) is 0 Å². The van der Waals surface area contributed by atoms with Crippen LogP contribution in [0.25, 0.3) is 132 Å². The van der Waals surface area contributed by atoms with Gasteiger partial charge in [-0.2, -0.15) is 0 Å². The van der Waals surface area contributed by atoms with Gasteiger partial charge in [0.1, 0.15) is 22.3 Å². The van der Waals surface area contributed by atoms with Crippen molar-refractivity contribution in [3.05, 3.63) is 279 Å². The number of fused-ring (bicyclic) bond motifs is 12. The van der Waals surface area contributed by atoms with Crippen molar-refractivity contribution in [2.45, 2.75) is 38.9 Å². The number of aromatic nitrogens is 2. The predicted molar refractivity (Wildman–Crippen MR) is 383 cm³/mol. The number of furan rings is 2. The van der Waals surface area contributed by atoms with E-state index in [1.54, 1.807) is 0 Å². The minimum absolute atomic E-state index is 0.375. The maximum atomic E-state index is 6.34. The lowest BCUT2D eigenvalue weighted by atomic mass is 9.78. The van der Waals surface area contributed by atoms with Crippen LogP contribution < -0.4 is 5.46 Å². The summed E-state index contributed by atoms with van der Waals surface area (Å²) in [6.07, 6.45) is 0. The van der Waals surface area contributed by atoms with E-state index in [4.69, 9.17) is 18.1 Å². The Hall–Kier alpha value is -8.49. The summed E-state index contributed by atoms with van der Waals surface area (Å²) in [4.78, 5) is 0. The van der Waals surface area contributed by atoms with Crippen molar-refractivity contribution >= 4 is 155 Å². The van der Waals surface area contributed by atoms with Crippen LogP contribution in [-0.4, -0.2) is 27.5 Å². The second-order valence-corrected chi connectivity index (χ2v) is 26.5. The van der Waals surface area contributed by atoms with Gasteiger partial charge in [-0.25, -0.2) is 0 Å². The third-order valence-electron chi connectivity index (χ3n) is 17.5. The van der Waals surface area contributed by atoms with Crippen LogP contribution in [-0.2, 0) is 9.31 Å². The number of para-hydroxylation sites is 4. The molecule has 0 bridgehead atoms. The molecule has 0 amide bonds. The summed E-state index contributed by atoms with van der Waals surface area (Å²) in [5, 5.41) is 9.47. The zero-order chi connectivity index (χ0) is 59.8. The summed E-state index contributed by atoms with van der Waals surface area (Å²) in [6.45, 7) is 8.36. The summed E-state index contributed by atoms with van der Waals surface area (Å²) in [5.41, 5.74) is 17.9. The van der Waals surface area contributed by atoms with Gasteiger partial charge in [0.05, 0.1) is 33.3 Å². The molecule has 12 aromatic carbocycles. The number of hydrogen-bond acceptors (Lipinski definition) is 4. The highest BCUT2D eigenvalue weighted by Gasteiger charge is 2.51. The van der Waals surface area contributed by atoms with Crippen molar-refractivity contribution in [3.8, 4) is 44.8 Å². The van der Waals surface area contributed by atoms with E-state index in [1.807, 2.05) is 36.4 Å². The molecule has 0 spiro atoms. The summed E-state index contributed by atoms with van der Waals surface area (Å²) in [5.74, 6) is 0. The molecular weight excluding hydrogens is 1330 g/mol. The second-order valence-electron chi connectivity index (χ2n) is 23.5. The van der Waals surface area contributed by atoms with Gasteiger partial charge in [-0.3, -0.25) is 0 Å². The maximum absolute atomic E-state index is 6.34. The zero-order valence-corrected chi connectivity index (χ0v) is 54.0. The Bertz CT molecular complexity index is 5310. The lowest BCUT2D eigenvalue weighted by Gasteiger charge is -2.32. The molecule has 0 aliphatic carbocycles. The van der Waals surface area contributed by atoms with Gasteiger partial charge >= 0.3 is 7.12 Å². The molecule has 5 heterocycles. The molecule has 0 atom stereocenters. The van der Waals surface area contributed by atoms with Gasteiger partial charge in [-0.05, 0) is 204 Å². The fraction of sp³-hybridized carbons (Fsp3) is 0.0769. The van der Waals surface area contributed by atoms with E-state index in [9.17, 15) is 0 Å². The van der Waals surface area contributed by atoms with Crippen molar-refractivity contribution in [1.82, 2.24) is 9.13 Å². The molecule has 1 fully saturated rings. The van der Waals surface area contributed by atoms with Gasteiger partial charge in [0.15, 0.2) is 0 Å². The van der Waals surface area contributed by atoms with Gasteiger partial charge in [-0.1, -0.05) is 171 Å². The number of hydrogen-bond donors (Lipinski definition) is 0. The molecule has 1 aliphatic heterocycles. The maximum Gasteiger partial charge on any atom is 0.494 e. The van der Waals surface area contributed by atoms with Gasteiger partial charge < -0.3 is 27.3 Å². The fourth-order valence-electron chi connectivity index (χ4n) is 12.4. The molecule has 4 aromatic heterocycles. The van der Waals surface area contributed by atoms with Gasteiger partial charge in [0.2, 0.25) is 0 Å². The first kappa shape index (κ1) is 56.1. The van der Waals surface area contributed by atoms with E-state index in [2.05, 4.69) is 322 Å². The van der Waals surface area contributed by atoms with E-state index in [1.165, 1.54) is 63.9 Å².